The van der Waals surface area contributed by atoms with Crippen LogP contribution < -0.4 is 5.32 Å². The van der Waals surface area contributed by atoms with Crippen LogP contribution in [0.2, 0.25) is 0 Å². The number of tetrazole rings is 1. The molecule has 0 bridgehead atoms. The highest BCUT2D eigenvalue weighted by molar-refractivity contribution is 5.82. The zero-order valence-corrected chi connectivity index (χ0v) is 10.8. The van der Waals surface area contributed by atoms with Crippen molar-refractivity contribution in [2.45, 2.75) is 39.2 Å². The summed E-state index contributed by atoms with van der Waals surface area (Å²) in [6, 6.07) is -0.0512. The van der Waals surface area contributed by atoms with Gasteiger partial charge in [-0.3, -0.25) is 4.79 Å². The second kappa shape index (κ2) is 4.33. The molecule has 3 atom stereocenters. The third kappa shape index (κ3) is 2.23. The summed E-state index contributed by atoms with van der Waals surface area (Å²) in [5.74, 6) is 2.60. The highest BCUT2D eigenvalue weighted by Crippen LogP contribution is 2.45. The van der Waals surface area contributed by atoms with Crippen molar-refractivity contribution in [3.8, 4) is 0 Å². The lowest BCUT2D eigenvalue weighted by molar-refractivity contribution is -0.123. The number of H-pyrrole nitrogens is 1. The lowest BCUT2D eigenvalue weighted by atomic mass is 10.1. The molecule has 1 aromatic heterocycles. The van der Waals surface area contributed by atoms with E-state index < -0.39 is 0 Å². The van der Waals surface area contributed by atoms with Crippen LogP contribution in [0.5, 0.6) is 0 Å². The van der Waals surface area contributed by atoms with Crippen LogP contribution in [-0.2, 0) is 4.79 Å². The van der Waals surface area contributed by atoms with E-state index in [9.17, 15) is 4.79 Å². The van der Waals surface area contributed by atoms with E-state index in [2.05, 4.69) is 39.8 Å². The van der Waals surface area contributed by atoms with Gasteiger partial charge in [0.25, 0.3) is 0 Å². The molecule has 3 rings (SSSR count). The van der Waals surface area contributed by atoms with Crippen molar-refractivity contribution < 1.29 is 4.79 Å². The van der Waals surface area contributed by atoms with Gasteiger partial charge in [0.05, 0.1) is 6.04 Å². The van der Waals surface area contributed by atoms with Crippen molar-refractivity contribution in [2.75, 3.05) is 0 Å². The minimum atomic E-state index is -0.0512. The summed E-state index contributed by atoms with van der Waals surface area (Å²) in [5, 5.41) is 17.1. The molecule has 1 unspecified atom stereocenters. The molecule has 0 aliphatic heterocycles. The molecule has 2 saturated carbocycles. The minimum absolute atomic E-state index is 0.0512. The summed E-state index contributed by atoms with van der Waals surface area (Å²) in [6.07, 6.45) is 3.29. The Kier molecular flexibility index (Phi) is 2.80. The third-order valence-corrected chi connectivity index (χ3v) is 4.06. The molecule has 0 aromatic carbocycles. The maximum atomic E-state index is 12.2. The lowest BCUT2D eigenvalue weighted by Crippen LogP contribution is -2.32. The number of rotatable bonds is 5. The molecule has 2 fully saturated rings. The number of nitrogens with zero attached hydrogens (tertiary/aromatic N) is 3. The van der Waals surface area contributed by atoms with E-state index in [1.54, 1.807) is 0 Å². The fourth-order valence-electron chi connectivity index (χ4n) is 2.64. The van der Waals surface area contributed by atoms with Crippen LogP contribution in [-0.4, -0.2) is 26.5 Å². The molecular formula is C12H19N5O. The Balaban J connectivity index is 1.62. The van der Waals surface area contributed by atoms with Gasteiger partial charge in [-0.15, -0.1) is 10.2 Å². The molecule has 1 aromatic rings. The second-order valence-corrected chi connectivity index (χ2v) is 5.84. The van der Waals surface area contributed by atoms with E-state index in [4.69, 9.17) is 0 Å². The van der Waals surface area contributed by atoms with Crippen molar-refractivity contribution in [2.24, 2.45) is 23.7 Å². The monoisotopic (exact) mass is 249 g/mol. The Labute approximate surface area is 106 Å². The van der Waals surface area contributed by atoms with Crippen molar-refractivity contribution in [1.82, 2.24) is 25.9 Å². The van der Waals surface area contributed by atoms with Crippen molar-refractivity contribution in [3.63, 3.8) is 0 Å². The summed E-state index contributed by atoms with van der Waals surface area (Å²) < 4.78 is 0. The van der Waals surface area contributed by atoms with Gasteiger partial charge >= 0.3 is 0 Å². The van der Waals surface area contributed by atoms with Crippen LogP contribution in [0.25, 0.3) is 0 Å². The zero-order chi connectivity index (χ0) is 12.7. The number of carbonyl (C=O) groups is 1. The second-order valence-electron chi connectivity index (χ2n) is 5.84. The zero-order valence-electron chi connectivity index (χ0n) is 10.8. The molecule has 1 heterocycles. The molecule has 18 heavy (non-hydrogen) atoms. The first kappa shape index (κ1) is 11.6. The molecule has 6 heteroatoms. The van der Waals surface area contributed by atoms with Crippen LogP contribution in [0.1, 0.15) is 45.0 Å². The molecular weight excluding hydrogens is 230 g/mol. The first-order chi connectivity index (χ1) is 8.66. The lowest BCUT2D eigenvalue weighted by Gasteiger charge is -2.14. The van der Waals surface area contributed by atoms with Gasteiger partial charge < -0.3 is 5.32 Å². The fourth-order valence-corrected chi connectivity index (χ4v) is 2.64. The summed E-state index contributed by atoms with van der Waals surface area (Å²) in [6.45, 7) is 4.35. The Morgan fingerprint density at radius 2 is 2.22 bits per heavy atom. The van der Waals surface area contributed by atoms with Gasteiger partial charge in [-0.25, -0.2) is 0 Å². The Morgan fingerprint density at radius 3 is 2.72 bits per heavy atom. The maximum Gasteiger partial charge on any atom is 0.224 e. The van der Waals surface area contributed by atoms with E-state index in [-0.39, 0.29) is 17.9 Å². The minimum Gasteiger partial charge on any atom is -0.345 e. The topological polar surface area (TPSA) is 83.6 Å². The van der Waals surface area contributed by atoms with Gasteiger partial charge in [-0.2, -0.15) is 5.21 Å². The number of hydrogen-bond donors (Lipinski definition) is 2. The van der Waals surface area contributed by atoms with Crippen LogP contribution in [0, 0.1) is 23.7 Å². The predicted molar refractivity (Wildman–Crippen MR) is 64.2 cm³/mol. The van der Waals surface area contributed by atoms with Crippen molar-refractivity contribution in [3.05, 3.63) is 5.82 Å². The van der Waals surface area contributed by atoms with Crippen molar-refractivity contribution in [1.29, 1.82) is 0 Å². The largest absolute Gasteiger partial charge is 0.345 e. The predicted octanol–water partition coefficient (Wildman–Crippen LogP) is 1.06. The Morgan fingerprint density at radius 1 is 1.44 bits per heavy atom. The summed E-state index contributed by atoms with van der Waals surface area (Å²) in [4.78, 5) is 12.2. The summed E-state index contributed by atoms with van der Waals surface area (Å²) >= 11 is 0. The maximum absolute atomic E-state index is 12.2. The van der Waals surface area contributed by atoms with Crippen LogP contribution >= 0.6 is 0 Å². The van der Waals surface area contributed by atoms with E-state index in [0.29, 0.717) is 23.6 Å². The fraction of sp³-hybridized carbons (Fsp3) is 0.833. The Hall–Kier alpha value is -1.46. The third-order valence-electron chi connectivity index (χ3n) is 4.06. The summed E-state index contributed by atoms with van der Waals surface area (Å²) in [7, 11) is 0. The molecule has 2 N–H and O–H groups in total. The highest BCUT2D eigenvalue weighted by atomic mass is 16.2. The molecule has 0 spiro atoms. The highest BCUT2D eigenvalue weighted by Gasteiger charge is 2.46. The SMILES string of the molecule is CC(C)[C@@H]1C[C@H]1C(=O)NC(c1nn[nH]n1)C1CC1. The molecule has 6 nitrogen and oxygen atoms in total. The van der Waals surface area contributed by atoms with E-state index in [0.717, 1.165) is 19.3 Å². The van der Waals surface area contributed by atoms with Gasteiger partial charge in [0.1, 0.15) is 0 Å². The smallest absolute Gasteiger partial charge is 0.224 e. The quantitative estimate of drug-likeness (QED) is 0.817. The molecule has 1 amide bonds. The van der Waals surface area contributed by atoms with Crippen LogP contribution in [0.15, 0.2) is 0 Å². The average Bonchev–Trinajstić information content (AvgIpc) is 3.23. The number of aromatic amines is 1. The molecule has 2 aliphatic rings. The first-order valence-electron chi connectivity index (χ1n) is 6.70. The first-order valence-corrected chi connectivity index (χ1v) is 6.70. The summed E-state index contributed by atoms with van der Waals surface area (Å²) in [5.41, 5.74) is 0. The van der Waals surface area contributed by atoms with Gasteiger partial charge in [-0.05, 0) is 37.0 Å². The normalized spacial score (nSPS) is 28.2. The van der Waals surface area contributed by atoms with E-state index in [1.165, 1.54) is 0 Å². The van der Waals surface area contributed by atoms with Crippen LogP contribution in [0.4, 0.5) is 0 Å². The number of carbonyl (C=O) groups excluding carboxylic acids is 1. The standard InChI is InChI=1S/C12H19N5O/c1-6(2)8-5-9(8)12(18)13-10(7-3-4-7)11-14-16-17-15-11/h6-10H,3-5H2,1-2H3,(H,13,18)(H,14,15,16,17)/t8-,9+,10?/m0/s1. The van der Waals surface area contributed by atoms with E-state index >= 15 is 0 Å². The average molecular weight is 249 g/mol. The molecule has 2 aliphatic carbocycles. The van der Waals surface area contributed by atoms with Crippen molar-refractivity contribution >= 4 is 5.91 Å². The number of amides is 1. The Bertz CT molecular complexity index is 426. The molecule has 0 radical (unpaired) electrons. The number of aromatic nitrogens is 4. The van der Waals surface area contributed by atoms with Gasteiger partial charge in [0.2, 0.25) is 5.91 Å². The molecule has 0 saturated heterocycles. The molecule has 98 valence electrons. The van der Waals surface area contributed by atoms with Gasteiger partial charge in [0.15, 0.2) is 5.82 Å². The number of hydrogen-bond acceptors (Lipinski definition) is 4. The van der Waals surface area contributed by atoms with Gasteiger partial charge in [-0.1, -0.05) is 19.1 Å². The number of nitrogens with one attached hydrogen (secondary N) is 2. The van der Waals surface area contributed by atoms with E-state index in [1.807, 2.05) is 0 Å². The van der Waals surface area contributed by atoms with Crippen LogP contribution in [0.3, 0.4) is 0 Å². The van der Waals surface area contributed by atoms with Gasteiger partial charge in [0, 0.05) is 5.92 Å².